The Morgan fingerprint density at radius 1 is 1.20 bits per heavy atom. The molecule has 0 heterocycles. The summed E-state index contributed by atoms with van der Waals surface area (Å²) in [5.41, 5.74) is 0.654. The summed E-state index contributed by atoms with van der Waals surface area (Å²) < 4.78 is 49.2. The van der Waals surface area contributed by atoms with Gasteiger partial charge in [-0.3, -0.25) is 0 Å². The number of hydrogen-bond acceptors (Lipinski definition) is 4. The molecule has 5 nitrogen and oxygen atoms in total. The van der Waals surface area contributed by atoms with Crippen molar-refractivity contribution in [2.75, 3.05) is 13.1 Å². The minimum absolute atomic E-state index is 0.121. The van der Waals surface area contributed by atoms with Gasteiger partial charge in [-0.25, -0.2) is 16.8 Å². The second kappa shape index (κ2) is 6.26. The molecule has 0 amide bonds. The van der Waals surface area contributed by atoms with E-state index in [-0.39, 0.29) is 18.0 Å². The third-order valence-corrected chi connectivity index (χ3v) is 6.02. The molecule has 0 saturated carbocycles. The van der Waals surface area contributed by atoms with Crippen molar-refractivity contribution in [3.63, 3.8) is 0 Å². The summed E-state index contributed by atoms with van der Waals surface area (Å²) in [5, 5.41) is 0. The maximum atomic E-state index is 12.5. The molecule has 8 heteroatoms. The number of nitrogens with zero attached hydrogens (tertiary/aromatic N) is 1. The lowest BCUT2D eigenvalue weighted by Crippen LogP contribution is -2.33. The molecule has 0 fully saturated rings. The SMILES string of the molecule is C=C(C)CN(CC)S(=O)(=O)c1ccccc1S(=O)(=O)Cl. The minimum Gasteiger partial charge on any atom is -0.207 e. The Balaban J connectivity index is 3.47. The molecule has 1 aromatic carbocycles. The summed E-state index contributed by atoms with van der Waals surface area (Å²) in [6.07, 6.45) is 0. The van der Waals surface area contributed by atoms with E-state index in [4.69, 9.17) is 10.7 Å². The van der Waals surface area contributed by atoms with E-state index in [0.717, 1.165) is 4.31 Å². The Labute approximate surface area is 124 Å². The number of likely N-dealkylation sites (N-methyl/N-ethyl adjacent to an activating group) is 1. The van der Waals surface area contributed by atoms with Gasteiger partial charge in [0, 0.05) is 23.8 Å². The van der Waals surface area contributed by atoms with E-state index in [1.807, 2.05) is 0 Å². The molecule has 0 atom stereocenters. The maximum Gasteiger partial charge on any atom is 0.262 e. The summed E-state index contributed by atoms with van der Waals surface area (Å²) in [7, 11) is -2.80. The maximum absolute atomic E-state index is 12.5. The Morgan fingerprint density at radius 3 is 2.10 bits per heavy atom. The summed E-state index contributed by atoms with van der Waals surface area (Å²) in [6.45, 7) is 7.35. The van der Waals surface area contributed by atoms with Crippen molar-refractivity contribution in [2.45, 2.75) is 23.6 Å². The predicted octanol–water partition coefficient (Wildman–Crippen LogP) is 2.20. The monoisotopic (exact) mass is 337 g/mol. The van der Waals surface area contributed by atoms with Crippen LogP contribution in [0.3, 0.4) is 0 Å². The van der Waals surface area contributed by atoms with Crippen LogP contribution in [0.15, 0.2) is 46.2 Å². The van der Waals surface area contributed by atoms with Crippen molar-refractivity contribution in [1.82, 2.24) is 4.31 Å². The van der Waals surface area contributed by atoms with Gasteiger partial charge in [0.15, 0.2) is 0 Å². The molecule has 20 heavy (non-hydrogen) atoms. The lowest BCUT2D eigenvalue weighted by Gasteiger charge is -2.21. The number of benzene rings is 1. The van der Waals surface area contributed by atoms with Gasteiger partial charge in [0.25, 0.3) is 9.05 Å². The van der Waals surface area contributed by atoms with Crippen LogP contribution in [0.1, 0.15) is 13.8 Å². The van der Waals surface area contributed by atoms with Gasteiger partial charge in [-0.1, -0.05) is 31.2 Å². The molecule has 0 aliphatic heterocycles. The molecule has 0 aromatic heterocycles. The fraction of sp³-hybridized carbons (Fsp3) is 0.333. The number of sulfonamides is 1. The average molecular weight is 338 g/mol. The van der Waals surface area contributed by atoms with E-state index < -0.39 is 24.0 Å². The molecular weight excluding hydrogens is 322 g/mol. The Kier molecular flexibility index (Phi) is 5.37. The quantitative estimate of drug-likeness (QED) is 0.589. The number of halogens is 1. The molecule has 1 aromatic rings. The van der Waals surface area contributed by atoms with Crippen LogP contribution < -0.4 is 0 Å². The highest BCUT2D eigenvalue weighted by Crippen LogP contribution is 2.26. The van der Waals surface area contributed by atoms with Crippen LogP contribution in [0, 0.1) is 0 Å². The van der Waals surface area contributed by atoms with E-state index in [0.29, 0.717) is 5.57 Å². The molecule has 0 radical (unpaired) electrons. The largest absolute Gasteiger partial charge is 0.262 e. The fourth-order valence-corrected chi connectivity index (χ4v) is 4.99. The topological polar surface area (TPSA) is 71.5 Å². The molecule has 0 bridgehead atoms. The summed E-state index contributed by atoms with van der Waals surface area (Å²) in [4.78, 5) is -0.736. The van der Waals surface area contributed by atoms with Crippen molar-refractivity contribution < 1.29 is 16.8 Å². The van der Waals surface area contributed by atoms with Crippen LogP contribution >= 0.6 is 10.7 Å². The number of rotatable bonds is 6. The van der Waals surface area contributed by atoms with E-state index in [2.05, 4.69) is 6.58 Å². The van der Waals surface area contributed by atoms with Crippen LogP contribution in [0.25, 0.3) is 0 Å². The van der Waals surface area contributed by atoms with Crippen molar-refractivity contribution >= 4 is 29.8 Å². The Bertz CT molecular complexity index is 711. The second-order valence-corrected chi connectivity index (χ2v) is 8.71. The summed E-state index contributed by atoms with van der Waals surface area (Å²) in [6, 6.07) is 5.27. The second-order valence-electron chi connectivity index (χ2n) is 4.27. The van der Waals surface area contributed by atoms with Crippen molar-refractivity contribution in [1.29, 1.82) is 0 Å². The third kappa shape index (κ3) is 3.82. The molecular formula is C12H16ClNO4S2. The first-order valence-electron chi connectivity index (χ1n) is 5.79. The van der Waals surface area contributed by atoms with Gasteiger partial charge in [-0.05, 0) is 19.1 Å². The highest BCUT2D eigenvalue weighted by Gasteiger charge is 2.29. The highest BCUT2D eigenvalue weighted by molar-refractivity contribution is 8.14. The smallest absolute Gasteiger partial charge is 0.207 e. The van der Waals surface area contributed by atoms with Crippen LogP contribution in [-0.4, -0.2) is 34.2 Å². The van der Waals surface area contributed by atoms with Gasteiger partial charge in [-0.15, -0.1) is 0 Å². The molecule has 0 unspecified atom stereocenters. The van der Waals surface area contributed by atoms with Crippen LogP contribution in [0.2, 0.25) is 0 Å². The normalized spacial score (nSPS) is 12.6. The molecule has 0 aliphatic carbocycles. The fourth-order valence-electron chi connectivity index (χ4n) is 1.67. The molecule has 112 valence electrons. The zero-order valence-electron chi connectivity index (χ0n) is 11.2. The van der Waals surface area contributed by atoms with Crippen molar-refractivity contribution in [2.24, 2.45) is 0 Å². The van der Waals surface area contributed by atoms with Crippen LogP contribution in [0.4, 0.5) is 0 Å². The highest BCUT2D eigenvalue weighted by atomic mass is 35.7. The predicted molar refractivity (Wildman–Crippen MR) is 78.7 cm³/mol. The van der Waals surface area contributed by atoms with Crippen molar-refractivity contribution in [3.8, 4) is 0 Å². The summed E-state index contributed by atoms with van der Waals surface area (Å²) in [5.74, 6) is 0. The minimum atomic E-state index is -4.14. The number of hydrogen-bond donors (Lipinski definition) is 0. The van der Waals surface area contributed by atoms with E-state index >= 15 is 0 Å². The first kappa shape index (κ1) is 17.2. The van der Waals surface area contributed by atoms with Gasteiger partial charge in [0.1, 0.15) is 9.79 Å². The molecule has 0 spiro atoms. The standard InChI is InChI=1S/C12H16ClNO4S2/c1-4-14(9-10(2)3)20(17,18)12-8-6-5-7-11(12)19(13,15)16/h5-8H,2,4,9H2,1,3H3. The molecule has 0 saturated heterocycles. The zero-order valence-corrected chi connectivity index (χ0v) is 13.6. The lowest BCUT2D eigenvalue weighted by molar-refractivity contribution is 0.451. The molecule has 0 aliphatic rings. The van der Waals surface area contributed by atoms with Crippen LogP contribution in [-0.2, 0) is 19.1 Å². The lowest BCUT2D eigenvalue weighted by atomic mass is 10.3. The molecule has 0 N–H and O–H groups in total. The van der Waals surface area contributed by atoms with Gasteiger partial charge in [0.05, 0.1) is 0 Å². The van der Waals surface area contributed by atoms with Gasteiger partial charge in [0.2, 0.25) is 10.0 Å². The average Bonchev–Trinajstić information content (AvgIpc) is 2.34. The first-order valence-corrected chi connectivity index (χ1v) is 9.54. The Morgan fingerprint density at radius 2 is 1.70 bits per heavy atom. The van der Waals surface area contributed by atoms with Gasteiger partial charge < -0.3 is 0 Å². The zero-order chi connectivity index (χ0) is 15.6. The van der Waals surface area contributed by atoms with Gasteiger partial charge >= 0.3 is 0 Å². The third-order valence-electron chi connectivity index (χ3n) is 2.53. The Hall–Kier alpha value is -0.890. The van der Waals surface area contributed by atoms with E-state index in [9.17, 15) is 16.8 Å². The first-order chi connectivity index (χ1) is 9.10. The van der Waals surface area contributed by atoms with Gasteiger partial charge in [-0.2, -0.15) is 4.31 Å². The van der Waals surface area contributed by atoms with Crippen LogP contribution in [0.5, 0.6) is 0 Å². The molecule has 1 rings (SSSR count). The van der Waals surface area contributed by atoms with Crippen molar-refractivity contribution in [3.05, 3.63) is 36.4 Å². The summed E-state index contributed by atoms with van der Waals surface area (Å²) >= 11 is 0. The van der Waals surface area contributed by atoms with E-state index in [1.165, 1.54) is 24.3 Å². The van der Waals surface area contributed by atoms with E-state index in [1.54, 1.807) is 13.8 Å².